The zero-order chi connectivity index (χ0) is 13.1. The molecule has 10 heteroatoms. The van der Waals surface area contributed by atoms with Gasteiger partial charge in [-0.15, -0.1) is 0 Å². The Kier molecular flexibility index (Phi) is 25.1. The molecule has 0 unspecified atom stereocenters. The van der Waals surface area contributed by atoms with E-state index in [1.165, 1.54) is 0 Å². The summed E-state index contributed by atoms with van der Waals surface area (Å²) in [7, 11) is 0. The van der Waals surface area contributed by atoms with Crippen LogP contribution in [0.2, 0.25) is 0 Å². The topological polar surface area (TPSA) is 149 Å². The van der Waals surface area contributed by atoms with E-state index >= 15 is 0 Å². The summed E-state index contributed by atoms with van der Waals surface area (Å²) in [5.74, 6) is -5.03. The number of aliphatic carboxylic acids is 4. The van der Waals surface area contributed by atoms with Crippen LogP contribution < -0.4 is 0 Å². The zero-order valence-electron chi connectivity index (χ0n) is 7.73. The van der Waals surface area contributed by atoms with E-state index in [4.69, 9.17) is 20.4 Å². The van der Waals surface area contributed by atoms with Crippen LogP contribution in [0.1, 0.15) is 0 Å². The summed E-state index contributed by atoms with van der Waals surface area (Å²) >= 11 is 0. The molecule has 0 aromatic heterocycles. The van der Waals surface area contributed by atoms with E-state index in [-0.39, 0.29) is 80.9 Å². The molecule has 0 atom stereocenters. The Morgan fingerprint density at radius 1 is 0.556 bits per heavy atom. The molecule has 0 rings (SSSR count). The van der Waals surface area contributed by atoms with Crippen molar-refractivity contribution < 1.29 is 39.6 Å². The van der Waals surface area contributed by atoms with Gasteiger partial charge in [-0.3, -0.25) is 0 Å². The Labute approximate surface area is 166 Å². The minimum absolute atomic E-state index is 0. The average Bonchev–Trinajstić information content (AvgIpc) is 2.12. The van der Waals surface area contributed by atoms with Crippen LogP contribution >= 0.6 is 0 Å². The van der Waals surface area contributed by atoms with Gasteiger partial charge in [-0.05, 0) is 0 Å². The van der Waals surface area contributed by atoms with E-state index in [2.05, 4.69) is 0 Å². The fourth-order valence-corrected chi connectivity index (χ4v) is 0.285. The average molecular weight is 296 g/mol. The van der Waals surface area contributed by atoms with E-state index in [0.717, 1.165) is 0 Å². The van der Waals surface area contributed by atoms with Gasteiger partial charge in [-0.25, -0.2) is 19.2 Å². The summed E-state index contributed by atoms with van der Waals surface area (Å²) in [6.45, 7) is 0. The van der Waals surface area contributed by atoms with Gasteiger partial charge in [0.1, 0.15) is 0 Å². The first-order valence-electron chi connectivity index (χ1n) is 3.53. The molecule has 0 aromatic carbocycles. The molecule has 0 aliphatic carbocycles. The van der Waals surface area contributed by atoms with Crippen LogP contribution in [0.25, 0.3) is 0 Å². The van der Waals surface area contributed by atoms with Crippen molar-refractivity contribution in [1.29, 1.82) is 0 Å². The summed E-state index contributed by atoms with van der Waals surface area (Å²) in [5.41, 5.74) is 0. The van der Waals surface area contributed by atoms with E-state index < -0.39 is 23.9 Å². The maximum atomic E-state index is 9.55. The van der Waals surface area contributed by atoms with Crippen LogP contribution in [0.15, 0.2) is 24.3 Å². The first kappa shape index (κ1) is 26.5. The van der Waals surface area contributed by atoms with Crippen molar-refractivity contribution in [2.24, 2.45) is 0 Å². The van der Waals surface area contributed by atoms with Crippen LogP contribution in [0.3, 0.4) is 0 Å². The van der Waals surface area contributed by atoms with Crippen molar-refractivity contribution in [2.45, 2.75) is 0 Å². The standard InChI is InChI=1S/2C4H4O4.K.Na.2H/c2*5-3(6)1-2-4(7)8;;;;/h2*1-2H,(H,5,6)(H,7,8);;;;/b2-1+;2-1-;;;;. The van der Waals surface area contributed by atoms with Crippen molar-refractivity contribution in [1.82, 2.24) is 0 Å². The van der Waals surface area contributed by atoms with Gasteiger partial charge in [-0.1, -0.05) is 0 Å². The third-order valence-corrected chi connectivity index (χ3v) is 0.737. The monoisotopic (exact) mass is 296 g/mol. The molecular formula is C8H10KNaO8. The molecule has 0 radical (unpaired) electrons. The molecule has 0 aliphatic heterocycles. The number of rotatable bonds is 4. The maximum absolute atomic E-state index is 9.55. The number of hydrogen-bond donors (Lipinski definition) is 4. The first-order valence-corrected chi connectivity index (χ1v) is 3.53. The van der Waals surface area contributed by atoms with Gasteiger partial charge in [0.2, 0.25) is 0 Å². The molecule has 0 spiro atoms. The number of carboxylic acid groups (broad SMARTS) is 4. The summed E-state index contributed by atoms with van der Waals surface area (Å²) in [5, 5.41) is 31.2. The predicted molar refractivity (Wildman–Crippen MR) is 63.1 cm³/mol. The van der Waals surface area contributed by atoms with Crippen LogP contribution in [0.4, 0.5) is 0 Å². The summed E-state index contributed by atoms with van der Waals surface area (Å²) in [6, 6.07) is 0. The van der Waals surface area contributed by atoms with Crippen LogP contribution in [-0.2, 0) is 19.2 Å². The van der Waals surface area contributed by atoms with Gasteiger partial charge in [0.05, 0.1) is 0 Å². The van der Waals surface area contributed by atoms with Gasteiger partial charge in [0, 0.05) is 24.3 Å². The Morgan fingerprint density at radius 2 is 0.667 bits per heavy atom. The molecule has 8 nitrogen and oxygen atoms in total. The molecule has 0 aliphatic rings. The zero-order valence-corrected chi connectivity index (χ0v) is 7.73. The van der Waals surface area contributed by atoms with Crippen molar-refractivity contribution in [2.75, 3.05) is 0 Å². The molecule has 18 heavy (non-hydrogen) atoms. The van der Waals surface area contributed by atoms with E-state index in [1.807, 2.05) is 0 Å². The molecule has 4 N–H and O–H groups in total. The fourth-order valence-electron chi connectivity index (χ4n) is 0.285. The first-order chi connectivity index (χ1) is 7.25. The Hall–Kier alpha value is -0.00364. The quantitative estimate of drug-likeness (QED) is 0.348. The third kappa shape index (κ3) is 36.0. The van der Waals surface area contributed by atoms with Crippen LogP contribution in [-0.4, -0.2) is 125 Å². The molecule has 0 aromatic rings. The van der Waals surface area contributed by atoms with Crippen molar-refractivity contribution in [3.63, 3.8) is 0 Å². The van der Waals surface area contributed by atoms with Gasteiger partial charge in [0.15, 0.2) is 0 Å². The SMILES string of the molecule is O=C(O)/C=C/C(=O)O.O=C(O)/C=C\C(=O)O.[KH].[NaH]. The van der Waals surface area contributed by atoms with E-state index in [9.17, 15) is 19.2 Å². The van der Waals surface area contributed by atoms with Gasteiger partial charge in [-0.2, -0.15) is 0 Å². The van der Waals surface area contributed by atoms with Gasteiger partial charge in [0.25, 0.3) is 0 Å². The van der Waals surface area contributed by atoms with Crippen LogP contribution in [0, 0.1) is 0 Å². The van der Waals surface area contributed by atoms with E-state index in [1.54, 1.807) is 0 Å². The van der Waals surface area contributed by atoms with Crippen molar-refractivity contribution in [3.8, 4) is 0 Å². The summed E-state index contributed by atoms with van der Waals surface area (Å²) in [4.78, 5) is 38.2. The Balaban J connectivity index is -0.0000000980. The van der Waals surface area contributed by atoms with Gasteiger partial charge < -0.3 is 20.4 Å². The third-order valence-electron chi connectivity index (χ3n) is 0.737. The molecule has 0 fully saturated rings. The van der Waals surface area contributed by atoms with Gasteiger partial charge >= 0.3 is 105 Å². The second kappa shape index (κ2) is 17.0. The molecular weight excluding hydrogens is 286 g/mol. The molecule has 0 heterocycles. The Morgan fingerprint density at radius 3 is 0.722 bits per heavy atom. The molecule has 0 bridgehead atoms. The molecule has 0 saturated carbocycles. The number of carbonyl (C=O) groups is 4. The summed E-state index contributed by atoms with van der Waals surface area (Å²) < 4.78 is 0. The second-order valence-electron chi connectivity index (χ2n) is 2.02. The van der Waals surface area contributed by atoms with Crippen LogP contribution in [0.5, 0.6) is 0 Å². The normalized spacial score (nSPS) is 8.44. The predicted octanol–water partition coefficient (Wildman–Crippen LogP) is -1.87. The fraction of sp³-hybridized carbons (Fsp3) is 0. The Bertz CT molecular complexity index is 283. The molecule has 0 amide bonds. The molecule has 0 saturated heterocycles. The number of hydrogen-bond acceptors (Lipinski definition) is 4. The number of carboxylic acids is 4. The van der Waals surface area contributed by atoms with Crippen molar-refractivity contribution >= 4 is 105 Å². The molecule has 92 valence electrons. The second-order valence-corrected chi connectivity index (χ2v) is 2.02. The van der Waals surface area contributed by atoms with Crippen molar-refractivity contribution in [3.05, 3.63) is 24.3 Å². The summed E-state index contributed by atoms with van der Waals surface area (Å²) in [6.07, 6.45) is 2.23. The van der Waals surface area contributed by atoms with E-state index in [0.29, 0.717) is 24.3 Å². The minimum atomic E-state index is -1.26.